The van der Waals surface area contributed by atoms with Gasteiger partial charge in [-0.2, -0.15) is 0 Å². The largest absolute Gasteiger partial charge is 0.493 e. The van der Waals surface area contributed by atoms with E-state index in [0.717, 1.165) is 17.7 Å². The van der Waals surface area contributed by atoms with Gasteiger partial charge in [-0.3, -0.25) is 0 Å². The number of para-hydroxylation sites is 1. The van der Waals surface area contributed by atoms with Crippen molar-refractivity contribution in [3.63, 3.8) is 0 Å². The number of aromatic nitrogens is 1. The normalized spacial score (nSPS) is 16.1. The Bertz CT molecular complexity index is 675. The first-order valence-corrected chi connectivity index (χ1v) is 7.06. The van der Waals surface area contributed by atoms with Crippen LogP contribution >= 0.6 is 0 Å². The molecule has 2 heterocycles. The first kappa shape index (κ1) is 14.2. The molecule has 2 N–H and O–H groups in total. The van der Waals surface area contributed by atoms with Gasteiger partial charge in [-0.25, -0.2) is 9.78 Å². The van der Waals surface area contributed by atoms with Crippen LogP contribution in [-0.2, 0) is 0 Å². The molecular weight excluding hydrogens is 282 g/mol. The fraction of sp³-hybridized carbons (Fsp3) is 0.250. The zero-order valence-electron chi connectivity index (χ0n) is 12.2. The second-order valence-corrected chi connectivity index (χ2v) is 4.89. The minimum Gasteiger partial charge on any atom is -0.493 e. The Kier molecular flexibility index (Phi) is 4.09. The number of carbonyl (C=O) groups is 1. The van der Waals surface area contributed by atoms with Crippen LogP contribution in [0.5, 0.6) is 11.6 Å². The molecule has 1 atom stereocenters. The topological polar surface area (TPSA) is 72.5 Å². The number of benzene rings is 1. The minimum atomic E-state index is -0.298. The molecule has 1 aliphatic rings. The van der Waals surface area contributed by atoms with Crippen LogP contribution in [0.4, 0.5) is 10.5 Å². The van der Waals surface area contributed by atoms with E-state index in [1.54, 1.807) is 18.3 Å². The third kappa shape index (κ3) is 2.95. The fourth-order valence-corrected chi connectivity index (χ4v) is 2.46. The van der Waals surface area contributed by atoms with Crippen LogP contribution < -0.4 is 20.1 Å². The predicted octanol–water partition coefficient (Wildman–Crippen LogP) is 2.74. The van der Waals surface area contributed by atoms with Gasteiger partial charge in [0.15, 0.2) is 0 Å². The molecule has 1 unspecified atom stereocenters. The summed E-state index contributed by atoms with van der Waals surface area (Å²) in [4.78, 5) is 16.3. The number of hydrogen-bond donors (Lipinski definition) is 2. The van der Waals surface area contributed by atoms with Crippen molar-refractivity contribution in [2.75, 3.05) is 19.0 Å². The Hall–Kier alpha value is -2.76. The highest BCUT2D eigenvalue weighted by Crippen LogP contribution is 2.31. The summed E-state index contributed by atoms with van der Waals surface area (Å²) in [5, 5.41) is 5.72. The highest BCUT2D eigenvalue weighted by Gasteiger charge is 2.22. The molecule has 0 radical (unpaired) electrons. The molecule has 114 valence electrons. The van der Waals surface area contributed by atoms with E-state index in [9.17, 15) is 4.79 Å². The standard InChI is InChI=1S/C16H17N3O3/c1-21-15-13(6-4-9-17-15)19-16(20)18-12-8-10-22-14-7-3-2-5-11(12)14/h2-7,9,12H,8,10H2,1H3,(H2,18,19,20). The Labute approximate surface area is 128 Å². The Balaban J connectivity index is 1.70. The summed E-state index contributed by atoms with van der Waals surface area (Å²) in [6.07, 6.45) is 2.34. The van der Waals surface area contributed by atoms with Crippen LogP contribution in [0.15, 0.2) is 42.6 Å². The van der Waals surface area contributed by atoms with Crippen molar-refractivity contribution < 1.29 is 14.3 Å². The van der Waals surface area contributed by atoms with Gasteiger partial charge in [0.25, 0.3) is 0 Å². The number of anilines is 1. The summed E-state index contributed by atoms with van der Waals surface area (Å²) in [7, 11) is 1.51. The number of nitrogens with zero attached hydrogens (tertiary/aromatic N) is 1. The smallest absolute Gasteiger partial charge is 0.319 e. The molecule has 0 aliphatic carbocycles. The van der Waals surface area contributed by atoms with Gasteiger partial charge in [-0.1, -0.05) is 18.2 Å². The third-order valence-corrected chi connectivity index (χ3v) is 3.48. The third-order valence-electron chi connectivity index (χ3n) is 3.48. The fourth-order valence-electron chi connectivity index (χ4n) is 2.46. The Morgan fingerprint density at radius 1 is 1.32 bits per heavy atom. The zero-order chi connectivity index (χ0) is 15.4. The molecule has 22 heavy (non-hydrogen) atoms. The van der Waals surface area contributed by atoms with Crippen LogP contribution in [0.3, 0.4) is 0 Å². The highest BCUT2D eigenvalue weighted by molar-refractivity contribution is 5.90. The molecule has 3 rings (SSSR count). The van der Waals surface area contributed by atoms with E-state index in [2.05, 4.69) is 15.6 Å². The summed E-state index contributed by atoms with van der Waals surface area (Å²) in [6.45, 7) is 0.582. The number of rotatable bonds is 3. The van der Waals surface area contributed by atoms with Gasteiger partial charge >= 0.3 is 6.03 Å². The highest BCUT2D eigenvalue weighted by atomic mass is 16.5. The zero-order valence-corrected chi connectivity index (χ0v) is 12.2. The van der Waals surface area contributed by atoms with E-state index in [1.807, 2.05) is 24.3 Å². The van der Waals surface area contributed by atoms with Crippen molar-refractivity contribution in [1.82, 2.24) is 10.3 Å². The summed E-state index contributed by atoms with van der Waals surface area (Å²) < 4.78 is 10.7. The van der Waals surface area contributed by atoms with E-state index < -0.39 is 0 Å². The van der Waals surface area contributed by atoms with E-state index >= 15 is 0 Å². The van der Waals surface area contributed by atoms with E-state index in [4.69, 9.17) is 9.47 Å². The van der Waals surface area contributed by atoms with Crippen LogP contribution in [0.25, 0.3) is 0 Å². The second-order valence-electron chi connectivity index (χ2n) is 4.89. The van der Waals surface area contributed by atoms with Gasteiger partial charge in [-0.05, 0) is 18.2 Å². The number of hydrogen-bond acceptors (Lipinski definition) is 4. The van der Waals surface area contributed by atoms with Crippen molar-refractivity contribution in [1.29, 1.82) is 0 Å². The lowest BCUT2D eigenvalue weighted by atomic mass is 10.0. The van der Waals surface area contributed by atoms with E-state index in [-0.39, 0.29) is 12.1 Å². The van der Waals surface area contributed by atoms with Gasteiger partial charge in [0, 0.05) is 18.2 Å². The average Bonchev–Trinajstić information content (AvgIpc) is 2.55. The van der Waals surface area contributed by atoms with E-state index in [0.29, 0.717) is 18.2 Å². The van der Waals surface area contributed by atoms with Crippen LogP contribution in [0.2, 0.25) is 0 Å². The predicted molar refractivity (Wildman–Crippen MR) is 82.2 cm³/mol. The maximum Gasteiger partial charge on any atom is 0.319 e. The van der Waals surface area contributed by atoms with Gasteiger partial charge in [0.2, 0.25) is 5.88 Å². The number of carbonyl (C=O) groups excluding carboxylic acids is 1. The first-order valence-electron chi connectivity index (χ1n) is 7.06. The first-order chi connectivity index (χ1) is 10.8. The number of pyridine rings is 1. The molecule has 0 bridgehead atoms. The van der Waals surface area contributed by atoms with Crippen LogP contribution in [0.1, 0.15) is 18.0 Å². The lowest BCUT2D eigenvalue weighted by Crippen LogP contribution is -2.35. The number of urea groups is 1. The van der Waals surface area contributed by atoms with Crippen molar-refractivity contribution in [3.05, 3.63) is 48.2 Å². The Morgan fingerprint density at radius 2 is 2.18 bits per heavy atom. The summed E-state index contributed by atoms with van der Waals surface area (Å²) >= 11 is 0. The summed E-state index contributed by atoms with van der Waals surface area (Å²) in [6, 6.07) is 10.8. The maximum atomic E-state index is 12.2. The summed E-state index contributed by atoms with van der Waals surface area (Å²) in [5.74, 6) is 1.20. The number of ether oxygens (including phenoxy) is 2. The Morgan fingerprint density at radius 3 is 3.05 bits per heavy atom. The molecule has 6 nitrogen and oxygen atoms in total. The monoisotopic (exact) mass is 299 g/mol. The van der Waals surface area contributed by atoms with Crippen LogP contribution in [0, 0.1) is 0 Å². The number of amides is 2. The molecule has 0 spiro atoms. The maximum absolute atomic E-state index is 12.2. The van der Waals surface area contributed by atoms with Crippen LogP contribution in [-0.4, -0.2) is 24.7 Å². The molecule has 1 aromatic heterocycles. The van der Waals surface area contributed by atoms with Crippen molar-refractivity contribution in [2.45, 2.75) is 12.5 Å². The quantitative estimate of drug-likeness (QED) is 0.914. The molecule has 1 aliphatic heterocycles. The van der Waals surface area contributed by atoms with Crippen molar-refractivity contribution >= 4 is 11.7 Å². The van der Waals surface area contributed by atoms with Crippen molar-refractivity contribution in [3.8, 4) is 11.6 Å². The van der Waals surface area contributed by atoms with Gasteiger partial charge in [0.05, 0.1) is 19.8 Å². The number of nitrogens with one attached hydrogen (secondary N) is 2. The molecule has 1 aromatic carbocycles. The number of methoxy groups -OCH3 is 1. The summed E-state index contributed by atoms with van der Waals surface area (Å²) in [5.41, 5.74) is 1.52. The van der Waals surface area contributed by atoms with Gasteiger partial charge in [0.1, 0.15) is 11.4 Å². The van der Waals surface area contributed by atoms with E-state index in [1.165, 1.54) is 7.11 Å². The SMILES string of the molecule is COc1ncccc1NC(=O)NC1CCOc2ccccc21. The molecule has 6 heteroatoms. The number of fused-ring (bicyclic) bond motifs is 1. The van der Waals surface area contributed by atoms with Gasteiger partial charge in [-0.15, -0.1) is 0 Å². The van der Waals surface area contributed by atoms with Gasteiger partial charge < -0.3 is 20.1 Å². The lowest BCUT2D eigenvalue weighted by Gasteiger charge is -2.26. The van der Waals surface area contributed by atoms with Crippen molar-refractivity contribution in [2.24, 2.45) is 0 Å². The molecule has 2 amide bonds. The minimum absolute atomic E-state index is 0.0763. The molecular formula is C16H17N3O3. The molecule has 0 fully saturated rings. The molecule has 0 saturated heterocycles. The molecule has 2 aromatic rings. The lowest BCUT2D eigenvalue weighted by molar-refractivity contribution is 0.232. The molecule has 0 saturated carbocycles. The second kappa shape index (κ2) is 6.34. The average molecular weight is 299 g/mol.